The number of H-pyrrole nitrogens is 1. The van der Waals surface area contributed by atoms with E-state index in [1.165, 1.54) is 4.90 Å². The van der Waals surface area contributed by atoms with Crippen LogP contribution in [0.2, 0.25) is 5.02 Å². The van der Waals surface area contributed by atoms with Gasteiger partial charge < -0.3 is 14.8 Å². The van der Waals surface area contributed by atoms with Gasteiger partial charge in [-0.3, -0.25) is 9.59 Å². The molecule has 1 N–H and O–H groups in total. The van der Waals surface area contributed by atoms with Crippen molar-refractivity contribution < 1.29 is 9.59 Å². The minimum Gasteiger partial charge on any atom is -0.356 e. The molecule has 1 aliphatic rings. The summed E-state index contributed by atoms with van der Waals surface area (Å²) in [5, 5.41) is 0.490. The van der Waals surface area contributed by atoms with Gasteiger partial charge >= 0.3 is 0 Å². The van der Waals surface area contributed by atoms with Crippen molar-refractivity contribution in [3.05, 3.63) is 23.0 Å². The number of likely N-dealkylation sites (N-methyl/N-ethyl adjacent to an activating group) is 1. The number of halogens is 1. The fraction of sp³-hybridized carbons (Fsp3) is 0.400. The zero-order valence-electron chi connectivity index (χ0n) is 8.86. The Bertz CT molecular complexity index is 429. The van der Waals surface area contributed by atoms with Crippen LogP contribution in [-0.4, -0.2) is 53.3 Å². The van der Waals surface area contributed by atoms with Gasteiger partial charge in [0, 0.05) is 26.3 Å². The lowest BCUT2D eigenvalue weighted by Gasteiger charge is -2.31. The van der Waals surface area contributed by atoms with Crippen LogP contribution in [0.5, 0.6) is 0 Å². The van der Waals surface area contributed by atoms with Gasteiger partial charge in [0.1, 0.15) is 12.2 Å². The van der Waals surface area contributed by atoms with E-state index in [9.17, 15) is 9.59 Å². The van der Waals surface area contributed by atoms with Crippen molar-refractivity contribution in [1.82, 2.24) is 14.8 Å². The molecule has 2 rings (SSSR count). The van der Waals surface area contributed by atoms with E-state index >= 15 is 0 Å². The molecule has 0 saturated carbocycles. The van der Waals surface area contributed by atoms with E-state index in [0.717, 1.165) is 0 Å². The molecule has 16 heavy (non-hydrogen) atoms. The Labute approximate surface area is 98.0 Å². The van der Waals surface area contributed by atoms with Crippen molar-refractivity contribution in [2.45, 2.75) is 0 Å². The molecule has 1 saturated heterocycles. The Morgan fingerprint density at radius 1 is 1.50 bits per heavy atom. The third kappa shape index (κ3) is 2.04. The van der Waals surface area contributed by atoms with Crippen LogP contribution in [-0.2, 0) is 4.79 Å². The Morgan fingerprint density at radius 2 is 2.25 bits per heavy atom. The van der Waals surface area contributed by atoms with E-state index in [1.807, 2.05) is 0 Å². The zero-order chi connectivity index (χ0) is 11.7. The van der Waals surface area contributed by atoms with Gasteiger partial charge in [0.25, 0.3) is 5.91 Å². The first-order valence-electron chi connectivity index (χ1n) is 4.95. The molecule has 1 fully saturated rings. The summed E-state index contributed by atoms with van der Waals surface area (Å²) in [6.45, 7) is 1.25. The quantitative estimate of drug-likeness (QED) is 0.782. The highest BCUT2D eigenvalue weighted by Crippen LogP contribution is 2.12. The highest BCUT2D eigenvalue weighted by molar-refractivity contribution is 6.30. The number of nitrogens with zero attached hydrogens (tertiary/aromatic N) is 2. The Hall–Kier alpha value is -1.49. The fourth-order valence-corrected chi connectivity index (χ4v) is 1.76. The Morgan fingerprint density at radius 3 is 2.81 bits per heavy atom. The molecular formula is C10H12ClN3O2. The minimum atomic E-state index is -0.187. The molecule has 0 radical (unpaired) electrons. The molecule has 2 heterocycles. The normalized spacial score (nSPS) is 16.8. The second kappa shape index (κ2) is 4.17. The van der Waals surface area contributed by atoms with Crippen LogP contribution in [0.1, 0.15) is 10.5 Å². The predicted octanol–water partition coefficient (Wildman–Crippen LogP) is 0.582. The van der Waals surface area contributed by atoms with E-state index < -0.39 is 0 Å². The largest absolute Gasteiger partial charge is 0.356 e. The van der Waals surface area contributed by atoms with Crippen LogP contribution >= 0.6 is 11.6 Å². The summed E-state index contributed by atoms with van der Waals surface area (Å²) in [5.41, 5.74) is 0.419. The molecule has 1 aromatic rings. The standard InChI is InChI=1S/C10H12ClN3O2/c1-13-2-3-14(6-9(13)15)10(16)8-4-7(11)5-12-8/h4-5,12H,2-3,6H2,1H3. The van der Waals surface area contributed by atoms with E-state index in [0.29, 0.717) is 23.8 Å². The number of nitrogens with one attached hydrogen (secondary N) is 1. The van der Waals surface area contributed by atoms with Crippen molar-refractivity contribution >= 4 is 23.4 Å². The van der Waals surface area contributed by atoms with Crippen LogP contribution < -0.4 is 0 Å². The summed E-state index contributed by atoms with van der Waals surface area (Å²) in [7, 11) is 1.73. The minimum absolute atomic E-state index is 0.0442. The molecule has 2 amide bonds. The number of amides is 2. The number of aromatic amines is 1. The number of hydrogen-bond donors (Lipinski definition) is 1. The molecular weight excluding hydrogens is 230 g/mol. The van der Waals surface area contributed by atoms with Gasteiger partial charge in [-0.15, -0.1) is 0 Å². The number of piperazine rings is 1. The number of hydrogen-bond acceptors (Lipinski definition) is 2. The maximum atomic E-state index is 11.9. The number of carbonyl (C=O) groups is 2. The van der Waals surface area contributed by atoms with Crippen LogP contribution in [0.15, 0.2) is 12.3 Å². The topological polar surface area (TPSA) is 56.4 Å². The lowest BCUT2D eigenvalue weighted by Crippen LogP contribution is -2.50. The summed E-state index contributed by atoms with van der Waals surface area (Å²) in [5.74, 6) is -0.231. The molecule has 0 aliphatic carbocycles. The summed E-state index contributed by atoms with van der Waals surface area (Å²) in [4.78, 5) is 29.3. The first kappa shape index (κ1) is 11.0. The zero-order valence-corrected chi connectivity index (χ0v) is 9.62. The molecule has 0 bridgehead atoms. The highest BCUT2D eigenvalue weighted by atomic mass is 35.5. The second-order valence-electron chi connectivity index (χ2n) is 3.77. The van der Waals surface area contributed by atoms with Gasteiger partial charge in [-0.2, -0.15) is 0 Å². The van der Waals surface area contributed by atoms with Crippen LogP contribution in [0.25, 0.3) is 0 Å². The number of aromatic nitrogens is 1. The molecule has 6 heteroatoms. The van der Waals surface area contributed by atoms with Crippen molar-refractivity contribution in [2.75, 3.05) is 26.7 Å². The van der Waals surface area contributed by atoms with E-state index in [4.69, 9.17) is 11.6 Å². The summed E-state index contributed by atoms with van der Waals surface area (Å²) in [6.07, 6.45) is 1.55. The average Bonchev–Trinajstić information content (AvgIpc) is 2.68. The van der Waals surface area contributed by atoms with Gasteiger partial charge in [-0.25, -0.2) is 0 Å². The third-order valence-corrected chi connectivity index (χ3v) is 2.84. The maximum absolute atomic E-state index is 11.9. The first-order chi connectivity index (χ1) is 7.58. The molecule has 1 aromatic heterocycles. The van der Waals surface area contributed by atoms with Crippen LogP contribution in [0, 0.1) is 0 Å². The Kier molecular flexibility index (Phi) is 2.87. The van der Waals surface area contributed by atoms with Gasteiger partial charge in [0.15, 0.2) is 0 Å². The lowest BCUT2D eigenvalue weighted by molar-refractivity contribution is -0.133. The third-order valence-electron chi connectivity index (χ3n) is 2.62. The van der Waals surface area contributed by atoms with Gasteiger partial charge in [0.2, 0.25) is 5.91 Å². The maximum Gasteiger partial charge on any atom is 0.270 e. The Balaban J connectivity index is 2.09. The molecule has 0 atom stereocenters. The summed E-state index contributed by atoms with van der Waals surface area (Å²) in [6, 6.07) is 1.56. The molecule has 86 valence electrons. The van der Waals surface area contributed by atoms with Crippen LogP contribution in [0.4, 0.5) is 0 Å². The van der Waals surface area contributed by atoms with Gasteiger partial charge in [-0.05, 0) is 6.07 Å². The van der Waals surface area contributed by atoms with Gasteiger partial charge in [0.05, 0.1) is 5.02 Å². The first-order valence-corrected chi connectivity index (χ1v) is 5.33. The fourth-order valence-electron chi connectivity index (χ4n) is 1.59. The average molecular weight is 242 g/mol. The number of rotatable bonds is 1. The van der Waals surface area contributed by atoms with E-state index in [2.05, 4.69) is 4.98 Å². The second-order valence-corrected chi connectivity index (χ2v) is 4.21. The molecule has 0 aromatic carbocycles. The van der Waals surface area contributed by atoms with E-state index in [1.54, 1.807) is 24.2 Å². The highest BCUT2D eigenvalue weighted by Gasteiger charge is 2.26. The van der Waals surface area contributed by atoms with Crippen molar-refractivity contribution in [3.8, 4) is 0 Å². The lowest BCUT2D eigenvalue weighted by atomic mass is 10.3. The SMILES string of the molecule is CN1CCN(C(=O)c2cc(Cl)c[nH]2)CC1=O. The summed E-state index contributed by atoms with van der Waals surface area (Å²) >= 11 is 5.72. The number of carbonyl (C=O) groups excluding carboxylic acids is 2. The van der Waals surface area contributed by atoms with Crippen molar-refractivity contribution in [2.24, 2.45) is 0 Å². The molecule has 0 unspecified atom stereocenters. The summed E-state index contributed by atoms with van der Waals surface area (Å²) < 4.78 is 0. The molecule has 1 aliphatic heterocycles. The van der Waals surface area contributed by atoms with E-state index in [-0.39, 0.29) is 18.4 Å². The molecule has 5 nitrogen and oxygen atoms in total. The molecule has 0 spiro atoms. The van der Waals surface area contributed by atoms with Crippen molar-refractivity contribution in [3.63, 3.8) is 0 Å². The van der Waals surface area contributed by atoms with Gasteiger partial charge in [-0.1, -0.05) is 11.6 Å². The smallest absolute Gasteiger partial charge is 0.270 e. The monoisotopic (exact) mass is 241 g/mol. The predicted molar refractivity (Wildman–Crippen MR) is 59.3 cm³/mol. The van der Waals surface area contributed by atoms with Crippen LogP contribution in [0.3, 0.4) is 0 Å². The van der Waals surface area contributed by atoms with Crippen molar-refractivity contribution in [1.29, 1.82) is 0 Å².